The third kappa shape index (κ3) is 3.19. The van der Waals surface area contributed by atoms with E-state index in [0.717, 1.165) is 5.56 Å². The van der Waals surface area contributed by atoms with E-state index in [0.29, 0.717) is 34.7 Å². The summed E-state index contributed by atoms with van der Waals surface area (Å²) in [5.41, 5.74) is 0.603. The number of ether oxygens (including phenoxy) is 1. The van der Waals surface area contributed by atoms with E-state index >= 15 is 0 Å². The minimum absolute atomic E-state index is 0.109. The van der Waals surface area contributed by atoms with Crippen molar-refractivity contribution < 1.29 is 24.5 Å². The summed E-state index contributed by atoms with van der Waals surface area (Å²) in [5, 5.41) is 34.9. The Morgan fingerprint density at radius 3 is 2.65 bits per heavy atom. The number of hydrogen-bond acceptors (Lipinski definition) is 8. The first-order chi connectivity index (χ1) is 15.1. The SMILES string of the molecule is OC[C@]1(n2cc(-c3ccco3)c3c(NCc4ccccc4)ncnc32)OC[C@H](O)[C@@H]1O. The molecule has 0 spiro atoms. The monoisotopic (exact) mass is 422 g/mol. The number of furan rings is 1. The third-order valence-electron chi connectivity index (χ3n) is 5.64. The highest BCUT2D eigenvalue weighted by atomic mass is 16.6. The van der Waals surface area contributed by atoms with E-state index < -0.39 is 24.5 Å². The van der Waals surface area contributed by atoms with Crippen molar-refractivity contribution in [2.75, 3.05) is 18.5 Å². The van der Waals surface area contributed by atoms with Gasteiger partial charge in [-0.3, -0.25) is 4.57 Å². The molecule has 1 saturated heterocycles. The Kier molecular flexibility index (Phi) is 4.95. The Morgan fingerprint density at radius 1 is 1.13 bits per heavy atom. The van der Waals surface area contributed by atoms with Gasteiger partial charge in [-0.25, -0.2) is 9.97 Å². The van der Waals surface area contributed by atoms with Crippen LogP contribution >= 0.6 is 0 Å². The van der Waals surface area contributed by atoms with Crippen LogP contribution in [0.25, 0.3) is 22.4 Å². The van der Waals surface area contributed by atoms with Crippen LogP contribution in [0.1, 0.15) is 5.56 Å². The molecule has 0 aliphatic carbocycles. The van der Waals surface area contributed by atoms with Gasteiger partial charge in [-0.1, -0.05) is 30.3 Å². The average Bonchev–Trinajstić information content (AvgIpc) is 3.53. The molecule has 0 amide bonds. The summed E-state index contributed by atoms with van der Waals surface area (Å²) in [7, 11) is 0. The Balaban J connectivity index is 1.67. The van der Waals surface area contributed by atoms with Crippen LogP contribution in [0.3, 0.4) is 0 Å². The molecule has 9 nitrogen and oxygen atoms in total. The molecule has 4 N–H and O–H groups in total. The molecule has 0 radical (unpaired) electrons. The summed E-state index contributed by atoms with van der Waals surface area (Å²) in [6.07, 6.45) is 2.19. The van der Waals surface area contributed by atoms with E-state index in [2.05, 4.69) is 15.3 Å². The number of anilines is 1. The Labute approximate surface area is 177 Å². The van der Waals surface area contributed by atoms with Gasteiger partial charge >= 0.3 is 0 Å². The minimum atomic E-state index is -1.58. The Hall–Kier alpha value is -3.24. The van der Waals surface area contributed by atoms with Gasteiger partial charge in [-0.05, 0) is 17.7 Å². The minimum Gasteiger partial charge on any atom is -0.464 e. The molecular weight excluding hydrogens is 400 g/mol. The average molecular weight is 422 g/mol. The zero-order valence-electron chi connectivity index (χ0n) is 16.5. The lowest BCUT2D eigenvalue weighted by molar-refractivity contribution is -0.149. The summed E-state index contributed by atoms with van der Waals surface area (Å²) in [6.45, 7) is -0.121. The van der Waals surface area contributed by atoms with Crippen molar-refractivity contribution in [1.29, 1.82) is 0 Å². The first-order valence-corrected chi connectivity index (χ1v) is 9.93. The highest BCUT2D eigenvalue weighted by Gasteiger charge is 2.51. The number of hydrogen-bond donors (Lipinski definition) is 4. The molecule has 1 aliphatic heterocycles. The van der Waals surface area contributed by atoms with E-state index in [1.807, 2.05) is 30.3 Å². The van der Waals surface area contributed by atoms with Crippen molar-refractivity contribution in [2.45, 2.75) is 24.5 Å². The maximum atomic E-state index is 10.6. The molecular formula is C22H22N4O5. The molecule has 4 aromatic rings. The van der Waals surface area contributed by atoms with Crippen molar-refractivity contribution >= 4 is 16.9 Å². The molecule has 9 heteroatoms. The number of benzene rings is 1. The van der Waals surface area contributed by atoms with Gasteiger partial charge in [-0.2, -0.15) is 0 Å². The first-order valence-electron chi connectivity index (χ1n) is 9.93. The van der Waals surface area contributed by atoms with Crippen LogP contribution in [0.5, 0.6) is 0 Å². The second kappa shape index (κ2) is 7.78. The van der Waals surface area contributed by atoms with E-state index in [1.54, 1.807) is 29.2 Å². The fourth-order valence-electron chi connectivity index (χ4n) is 4.02. The second-order valence-electron chi connectivity index (χ2n) is 7.48. The summed E-state index contributed by atoms with van der Waals surface area (Å²) in [4.78, 5) is 8.83. The maximum absolute atomic E-state index is 10.6. The second-order valence-corrected chi connectivity index (χ2v) is 7.48. The van der Waals surface area contributed by atoms with Crippen molar-refractivity contribution in [3.05, 3.63) is 66.8 Å². The van der Waals surface area contributed by atoms with Gasteiger partial charge in [0.15, 0.2) is 5.72 Å². The predicted octanol–water partition coefficient (Wildman–Crippen LogP) is 1.70. The van der Waals surface area contributed by atoms with Crippen molar-refractivity contribution in [2.24, 2.45) is 0 Å². The van der Waals surface area contributed by atoms with Gasteiger partial charge in [-0.15, -0.1) is 0 Å². The molecule has 1 aromatic carbocycles. The maximum Gasteiger partial charge on any atom is 0.198 e. The molecule has 3 aromatic heterocycles. The topological polar surface area (TPSA) is 126 Å². The molecule has 5 rings (SSSR count). The quantitative estimate of drug-likeness (QED) is 0.370. The lowest BCUT2D eigenvalue weighted by atomic mass is 10.1. The van der Waals surface area contributed by atoms with Crippen LogP contribution in [0.4, 0.5) is 5.82 Å². The third-order valence-corrected chi connectivity index (χ3v) is 5.64. The largest absolute Gasteiger partial charge is 0.464 e. The van der Waals surface area contributed by atoms with Gasteiger partial charge in [0.25, 0.3) is 0 Å². The lowest BCUT2D eigenvalue weighted by Gasteiger charge is -2.32. The first kappa shape index (κ1) is 19.7. The van der Waals surface area contributed by atoms with Crippen LogP contribution in [0.15, 0.2) is 65.7 Å². The van der Waals surface area contributed by atoms with Crippen LogP contribution in [-0.4, -0.2) is 55.3 Å². The summed E-state index contributed by atoms with van der Waals surface area (Å²) < 4.78 is 12.9. The van der Waals surface area contributed by atoms with Gasteiger partial charge < -0.3 is 29.8 Å². The van der Waals surface area contributed by atoms with Gasteiger partial charge in [0.1, 0.15) is 35.8 Å². The van der Waals surface area contributed by atoms with E-state index in [9.17, 15) is 15.3 Å². The summed E-state index contributed by atoms with van der Waals surface area (Å²) in [6, 6.07) is 13.5. The van der Waals surface area contributed by atoms with Gasteiger partial charge in [0.05, 0.1) is 24.9 Å². The standard InChI is InChI=1S/C22H22N4O5/c27-12-22(19(29)16(28)11-31-22)26-10-15(17-7-4-8-30-17)18-20(24-13-25-21(18)26)23-9-14-5-2-1-3-6-14/h1-8,10,13,16,19,27-29H,9,11-12H2,(H,23,24,25)/t16-,19-,22-/m0/s1. The number of rotatable bonds is 6. The normalized spacial score (nSPS) is 23.5. The van der Waals surface area contributed by atoms with E-state index in [4.69, 9.17) is 9.15 Å². The molecule has 4 heterocycles. The lowest BCUT2D eigenvalue weighted by Crippen LogP contribution is -2.48. The number of aliphatic hydroxyl groups excluding tert-OH is 3. The molecule has 1 aliphatic rings. The number of aromatic nitrogens is 3. The number of fused-ring (bicyclic) bond motifs is 1. The zero-order chi connectivity index (χ0) is 21.4. The Morgan fingerprint density at radius 2 is 1.97 bits per heavy atom. The fourth-order valence-corrected chi connectivity index (χ4v) is 4.02. The number of nitrogens with zero attached hydrogens (tertiary/aromatic N) is 3. The smallest absolute Gasteiger partial charge is 0.198 e. The predicted molar refractivity (Wildman–Crippen MR) is 112 cm³/mol. The molecule has 3 atom stereocenters. The van der Waals surface area contributed by atoms with E-state index in [-0.39, 0.29) is 6.61 Å². The van der Waals surface area contributed by atoms with Crippen LogP contribution in [0, 0.1) is 0 Å². The van der Waals surface area contributed by atoms with Crippen LogP contribution in [-0.2, 0) is 17.0 Å². The van der Waals surface area contributed by atoms with Crippen molar-refractivity contribution in [1.82, 2.24) is 14.5 Å². The fraction of sp³-hybridized carbons (Fsp3) is 0.273. The number of nitrogens with one attached hydrogen (secondary N) is 1. The molecule has 1 fully saturated rings. The highest BCUT2D eigenvalue weighted by molar-refractivity contribution is 6.00. The van der Waals surface area contributed by atoms with Crippen LogP contribution < -0.4 is 5.32 Å². The molecule has 31 heavy (non-hydrogen) atoms. The summed E-state index contributed by atoms with van der Waals surface area (Å²) in [5.74, 6) is 1.14. The summed E-state index contributed by atoms with van der Waals surface area (Å²) >= 11 is 0. The van der Waals surface area contributed by atoms with Gasteiger partial charge in [0.2, 0.25) is 0 Å². The van der Waals surface area contributed by atoms with E-state index in [1.165, 1.54) is 6.33 Å². The number of aliphatic hydroxyl groups is 3. The molecule has 0 bridgehead atoms. The molecule has 0 unspecified atom stereocenters. The van der Waals surface area contributed by atoms with Crippen molar-refractivity contribution in [3.63, 3.8) is 0 Å². The zero-order valence-corrected chi connectivity index (χ0v) is 16.5. The highest BCUT2D eigenvalue weighted by Crippen LogP contribution is 2.40. The molecule has 0 saturated carbocycles. The Bertz CT molecular complexity index is 1180. The van der Waals surface area contributed by atoms with Gasteiger partial charge in [0, 0.05) is 18.3 Å². The molecule has 160 valence electrons. The van der Waals surface area contributed by atoms with Crippen LogP contribution in [0.2, 0.25) is 0 Å². The van der Waals surface area contributed by atoms with Crippen molar-refractivity contribution in [3.8, 4) is 11.3 Å².